The van der Waals surface area contributed by atoms with Gasteiger partial charge in [-0.3, -0.25) is 20.0 Å². The van der Waals surface area contributed by atoms with Gasteiger partial charge in [-0.1, -0.05) is 36.2 Å². The number of halogens is 4. The Balaban J connectivity index is 2.20. The molecule has 1 aromatic carbocycles. The Morgan fingerprint density at radius 3 is 2.51 bits per heavy atom. The van der Waals surface area contributed by atoms with Crippen molar-refractivity contribution < 1.29 is 32.6 Å². The molecule has 0 aliphatic rings. The number of benzene rings is 1. The van der Waals surface area contributed by atoms with E-state index in [1.165, 1.54) is 32.4 Å². The van der Waals surface area contributed by atoms with Gasteiger partial charge < -0.3 is 14.8 Å². The summed E-state index contributed by atoms with van der Waals surface area (Å²) in [7, 11) is 1.39. The molecule has 222 valence electrons. The molecule has 0 fully saturated rings. The number of carbonyl (C=O) groups excluding carboxylic acids is 3. The van der Waals surface area contributed by atoms with E-state index < -0.39 is 35.8 Å². The Morgan fingerprint density at radius 1 is 1.22 bits per heavy atom. The third-order valence-electron chi connectivity index (χ3n) is 5.65. The Bertz CT molecular complexity index is 1310. The molecule has 2 rings (SSSR count). The first kappa shape index (κ1) is 33.5. The first-order valence-corrected chi connectivity index (χ1v) is 13.4. The van der Waals surface area contributed by atoms with Gasteiger partial charge in [0.25, 0.3) is 0 Å². The summed E-state index contributed by atoms with van der Waals surface area (Å²) in [5.41, 5.74) is 2.64. The maximum absolute atomic E-state index is 15.2. The molecule has 3 amide bonds. The second-order valence-corrected chi connectivity index (χ2v) is 9.55. The Labute approximate surface area is 247 Å². The first-order chi connectivity index (χ1) is 19.4. The quantitative estimate of drug-likeness (QED) is 0.0927. The number of ether oxygens (including phenoxy) is 2. The van der Waals surface area contributed by atoms with Crippen LogP contribution >= 0.6 is 23.2 Å². The average molecular weight is 613 g/mol. The number of urea groups is 1. The number of allylic oxidation sites excluding steroid dienone is 1. The third kappa shape index (κ3) is 9.43. The fourth-order valence-electron chi connectivity index (χ4n) is 3.54. The molecule has 2 N–H and O–H groups in total. The van der Waals surface area contributed by atoms with Crippen molar-refractivity contribution in [3.8, 4) is 16.9 Å². The Morgan fingerprint density at radius 2 is 1.93 bits per heavy atom. The largest absolute Gasteiger partial charge is 0.501 e. The van der Waals surface area contributed by atoms with Crippen molar-refractivity contribution in [1.29, 1.82) is 0 Å². The Kier molecular flexibility index (Phi) is 13.0. The van der Waals surface area contributed by atoms with Gasteiger partial charge >= 0.3 is 11.9 Å². The van der Waals surface area contributed by atoms with Crippen LogP contribution in [0.4, 0.5) is 13.6 Å². The topological polar surface area (TPSA) is 110 Å². The van der Waals surface area contributed by atoms with Crippen LogP contribution in [0.5, 0.6) is 5.75 Å². The molecule has 0 saturated heterocycles. The van der Waals surface area contributed by atoms with E-state index >= 15 is 4.39 Å². The van der Waals surface area contributed by atoms with Crippen LogP contribution in [-0.2, 0) is 14.3 Å². The van der Waals surface area contributed by atoms with Crippen molar-refractivity contribution in [2.45, 2.75) is 45.8 Å². The van der Waals surface area contributed by atoms with Gasteiger partial charge in [0.05, 0.1) is 29.6 Å². The number of hydrogen-bond acceptors (Lipinski definition) is 6. The summed E-state index contributed by atoms with van der Waals surface area (Å²) >= 11 is 12.4. The highest BCUT2D eigenvalue weighted by Gasteiger charge is 2.23. The molecule has 0 spiro atoms. The smallest absolute Gasteiger partial charge is 0.336 e. The van der Waals surface area contributed by atoms with E-state index in [1.54, 1.807) is 6.92 Å². The van der Waals surface area contributed by atoms with Crippen molar-refractivity contribution in [2.24, 2.45) is 0 Å². The standard InChI is InChI=1S/C28H32Cl2F2N4O5/c1-6-9-20(40-5)13-24(37)27(38)35-36(8-3)28(39)34-16(4)25-23(32)10-17(14-33-25)21-11-18(29)12-22(30)26(21)41-15-19(31)7-2/h7,10-14,16,19H,2,6,8-9,15H2,1,3-5H3,(H,34,39)(H,35,38)/b20-13+. The van der Waals surface area contributed by atoms with Crippen molar-refractivity contribution >= 4 is 40.9 Å². The van der Waals surface area contributed by atoms with E-state index in [4.69, 9.17) is 32.7 Å². The number of nitrogens with one attached hydrogen (secondary N) is 2. The number of rotatable bonds is 13. The monoisotopic (exact) mass is 612 g/mol. The number of amides is 3. The molecule has 1 aromatic heterocycles. The van der Waals surface area contributed by atoms with Gasteiger partial charge in [-0.25, -0.2) is 18.6 Å². The molecule has 9 nitrogen and oxygen atoms in total. The number of carbonyl (C=O) groups is 3. The van der Waals surface area contributed by atoms with Crippen LogP contribution in [0, 0.1) is 5.82 Å². The van der Waals surface area contributed by atoms with Crippen LogP contribution in [0.2, 0.25) is 10.0 Å². The van der Waals surface area contributed by atoms with Crippen LogP contribution in [0.1, 0.15) is 45.3 Å². The summed E-state index contributed by atoms with van der Waals surface area (Å²) in [6.45, 7) is 7.95. The van der Waals surface area contributed by atoms with Gasteiger partial charge in [0.15, 0.2) is 6.17 Å². The number of alkyl halides is 1. The summed E-state index contributed by atoms with van der Waals surface area (Å²) < 4.78 is 39.5. The van der Waals surface area contributed by atoms with E-state index in [1.807, 2.05) is 6.92 Å². The van der Waals surface area contributed by atoms with Gasteiger partial charge in [0.2, 0.25) is 5.78 Å². The highest BCUT2D eigenvalue weighted by atomic mass is 35.5. The number of nitrogens with zero attached hydrogens (tertiary/aromatic N) is 2. The minimum Gasteiger partial charge on any atom is -0.501 e. The highest BCUT2D eigenvalue weighted by molar-refractivity contribution is 6.40. The maximum atomic E-state index is 15.2. The third-order valence-corrected chi connectivity index (χ3v) is 6.15. The van der Waals surface area contributed by atoms with Gasteiger partial charge in [0, 0.05) is 41.4 Å². The van der Waals surface area contributed by atoms with Gasteiger partial charge in [-0.05, 0) is 38.5 Å². The number of aromatic nitrogens is 1. The summed E-state index contributed by atoms with van der Waals surface area (Å²) in [5, 5.41) is 3.74. The van der Waals surface area contributed by atoms with Crippen molar-refractivity contribution in [3.05, 3.63) is 70.4 Å². The lowest BCUT2D eigenvalue weighted by molar-refractivity contribution is -0.137. The molecule has 2 unspecified atom stereocenters. The summed E-state index contributed by atoms with van der Waals surface area (Å²) in [6, 6.07) is 2.29. The van der Waals surface area contributed by atoms with Crippen LogP contribution in [0.15, 0.2) is 48.9 Å². The Hall–Kier alpha value is -3.70. The van der Waals surface area contributed by atoms with Gasteiger partial charge in [0.1, 0.15) is 18.2 Å². The lowest BCUT2D eigenvalue weighted by Crippen LogP contribution is -2.52. The average Bonchev–Trinajstić information content (AvgIpc) is 2.93. The minimum atomic E-state index is -1.46. The first-order valence-electron chi connectivity index (χ1n) is 12.7. The summed E-state index contributed by atoms with van der Waals surface area (Å²) in [5.74, 6) is -2.29. The number of hydrazine groups is 1. The molecule has 0 bridgehead atoms. The second kappa shape index (κ2) is 15.9. The molecular formula is C28H32Cl2F2N4O5. The molecule has 0 saturated carbocycles. The van der Waals surface area contributed by atoms with Crippen LogP contribution in [-0.4, -0.2) is 54.1 Å². The maximum Gasteiger partial charge on any atom is 0.336 e. The number of methoxy groups -OCH3 is 1. The zero-order valence-electron chi connectivity index (χ0n) is 23.1. The minimum absolute atomic E-state index is 0.00608. The molecule has 41 heavy (non-hydrogen) atoms. The predicted molar refractivity (Wildman–Crippen MR) is 153 cm³/mol. The van der Waals surface area contributed by atoms with E-state index in [2.05, 4.69) is 22.3 Å². The van der Waals surface area contributed by atoms with E-state index in [0.29, 0.717) is 18.6 Å². The summed E-state index contributed by atoms with van der Waals surface area (Å²) in [6.07, 6.45) is 3.17. The fraction of sp³-hybridized carbons (Fsp3) is 0.357. The zero-order chi connectivity index (χ0) is 30.7. The molecule has 13 heteroatoms. The number of hydrogen-bond donors (Lipinski definition) is 2. The van der Waals surface area contributed by atoms with E-state index in [-0.39, 0.29) is 45.8 Å². The lowest BCUT2D eigenvalue weighted by atomic mass is 10.0. The lowest BCUT2D eigenvalue weighted by Gasteiger charge is -2.24. The molecule has 0 radical (unpaired) electrons. The molecule has 0 aliphatic heterocycles. The van der Waals surface area contributed by atoms with Crippen molar-refractivity contribution in [3.63, 3.8) is 0 Å². The number of ketones is 1. The van der Waals surface area contributed by atoms with E-state index in [0.717, 1.165) is 23.2 Å². The molecule has 1 heterocycles. The molecule has 2 atom stereocenters. The van der Waals surface area contributed by atoms with E-state index in [9.17, 15) is 18.8 Å². The molecule has 0 aliphatic carbocycles. The SMILES string of the molecule is C=CC(F)COc1c(Cl)cc(Cl)cc1-c1cnc(C(C)NC(=O)N(CC)NC(=O)C(=O)/C=C(\CCC)OC)c(F)c1. The second-order valence-electron chi connectivity index (χ2n) is 8.70. The van der Waals surface area contributed by atoms with Crippen LogP contribution in [0.25, 0.3) is 11.1 Å². The van der Waals surface area contributed by atoms with Crippen LogP contribution in [0.3, 0.4) is 0 Å². The molecule has 2 aromatic rings. The summed E-state index contributed by atoms with van der Waals surface area (Å²) in [4.78, 5) is 41.5. The predicted octanol–water partition coefficient (Wildman–Crippen LogP) is 6.12. The van der Waals surface area contributed by atoms with Gasteiger partial charge in [-0.2, -0.15) is 0 Å². The van der Waals surface area contributed by atoms with Crippen molar-refractivity contribution in [1.82, 2.24) is 20.7 Å². The fourth-order valence-corrected chi connectivity index (χ4v) is 4.09. The zero-order valence-corrected chi connectivity index (χ0v) is 24.6. The van der Waals surface area contributed by atoms with Crippen molar-refractivity contribution in [2.75, 3.05) is 20.3 Å². The normalized spacial score (nSPS) is 12.6. The molecular weight excluding hydrogens is 581 g/mol. The van der Waals surface area contributed by atoms with Crippen LogP contribution < -0.4 is 15.5 Å². The van der Waals surface area contributed by atoms with Gasteiger partial charge in [-0.15, -0.1) is 6.58 Å². The highest BCUT2D eigenvalue weighted by Crippen LogP contribution is 2.39. The number of pyridine rings is 1.